The predicted molar refractivity (Wildman–Crippen MR) is 77.0 cm³/mol. The molecule has 0 aliphatic heterocycles. The van der Waals surface area contributed by atoms with E-state index in [1.807, 2.05) is 0 Å². The summed E-state index contributed by atoms with van der Waals surface area (Å²) in [6.07, 6.45) is 1.13. The molecule has 0 fully saturated rings. The van der Waals surface area contributed by atoms with Crippen molar-refractivity contribution in [1.29, 1.82) is 0 Å². The molecular weight excluding hydrogens is 356 g/mol. The number of anilines is 1. The van der Waals surface area contributed by atoms with Crippen LogP contribution in [0.5, 0.6) is 0 Å². The summed E-state index contributed by atoms with van der Waals surface area (Å²) in [4.78, 5) is 13.2. The summed E-state index contributed by atoms with van der Waals surface area (Å²) in [5.41, 5.74) is -0.0118. The molecule has 0 unspecified atom stereocenters. The largest absolute Gasteiger partial charge is 0.328 e. The molecule has 0 spiro atoms. The average molecular weight is 364 g/mol. The van der Waals surface area contributed by atoms with Crippen molar-refractivity contribution in [3.63, 3.8) is 0 Å². The normalized spacial score (nSPS) is 11.3. The van der Waals surface area contributed by atoms with E-state index in [0.29, 0.717) is 15.2 Å². The molecule has 0 radical (unpaired) electrons. The number of pyridine rings is 1. The van der Waals surface area contributed by atoms with Crippen molar-refractivity contribution < 1.29 is 8.42 Å². The number of benzene rings is 1. The van der Waals surface area contributed by atoms with Gasteiger partial charge in [-0.1, -0.05) is 11.6 Å². The van der Waals surface area contributed by atoms with Gasteiger partial charge in [0.2, 0.25) is 5.56 Å². The molecule has 2 aromatic rings. The third kappa shape index (κ3) is 3.37. The highest BCUT2D eigenvalue weighted by Crippen LogP contribution is 2.27. The summed E-state index contributed by atoms with van der Waals surface area (Å²) in [5.74, 6) is 0. The Morgan fingerprint density at radius 3 is 2.53 bits per heavy atom. The van der Waals surface area contributed by atoms with Gasteiger partial charge in [0, 0.05) is 21.8 Å². The quantitative estimate of drug-likeness (QED) is 0.880. The van der Waals surface area contributed by atoms with Crippen LogP contribution in [0.4, 0.5) is 5.69 Å². The number of H-pyrrole nitrogens is 1. The van der Waals surface area contributed by atoms with Crippen molar-refractivity contribution >= 4 is 43.2 Å². The predicted octanol–water partition coefficient (Wildman–Crippen LogP) is 2.59. The number of hydrogen-bond donors (Lipinski definition) is 2. The molecule has 0 saturated carbocycles. The molecule has 0 atom stereocenters. The minimum Gasteiger partial charge on any atom is -0.328 e. The number of hydrogen-bond acceptors (Lipinski definition) is 3. The summed E-state index contributed by atoms with van der Waals surface area (Å²) >= 11 is 8.99. The van der Waals surface area contributed by atoms with Crippen LogP contribution in [0.15, 0.2) is 50.7 Å². The van der Waals surface area contributed by atoms with E-state index in [-0.39, 0.29) is 10.5 Å². The lowest BCUT2D eigenvalue weighted by atomic mass is 10.3. The Bertz CT molecular complexity index is 753. The van der Waals surface area contributed by atoms with Crippen molar-refractivity contribution in [2.24, 2.45) is 0 Å². The van der Waals surface area contributed by atoms with Crippen LogP contribution in [-0.2, 0) is 10.0 Å². The Kier molecular flexibility index (Phi) is 3.98. The van der Waals surface area contributed by atoms with E-state index in [1.165, 1.54) is 12.1 Å². The van der Waals surface area contributed by atoms with E-state index < -0.39 is 10.0 Å². The second-order valence-corrected chi connectivity index (χ2v) is 6.59. The number of nitrogens with one attached hydrogen (secondary N) is 2. The molecule has 0 saturated heterocycles. The summed E-state index contributed by atoms with van der Waals surface area (Å²) in [6, 6.07) is 7.05. The molecule has 100 valence electrons. The summed E-state index contributed by atoms with van der Waals surface area (Å²) in [5, 5.41) is 0.485. The fourth-order valence-corrected chi connectivity index (χ4v) is 3.30. The first-order valence-corrected chi connectivity index (χ1v) is 7.70. The molecule has 1 aromatic carbocycles. The molecule has 0 aliphatic carbocycles. The Balaban J connectivity index is 2.36. The number of aromatic nitrogens is 1. The van der Waals surface area contributed by atoms with Gasteiger partial charge in [-0.2, -0.15) is 0 Å². The van der Waals surface area contributed by atoms with Gasteiger partial charge in [0.05, 0.1) is 5.69 Å². The number of sulfonamides is 1. The summed E-state index contributed by atoms with van der Waals surface area (Å²) in [7, 11) is -3.76. The highest BCUT2D eigenvalue weighted by molar-refractivity contribution is 9.10. The van der Waals surface area contributed by atoms with Gasteiger partial charge in [-0.3, -0.25) is 9.52 Å². The third-order valence-corrected chi connectivity index (χ3v) is 4.50. The zero-order valence-electron chi connectivity index (χ0n) is 9.35. The molecular formula is C11H8BrClN2O3S. The van der Waals surface area contributed by atoms with Crippen LogP contribution in [0.3, 0.4) is 0 Å². The van der Waals surface area contributed by atoms with E-state index in [4.69, 9.17) is 11.6 Å². The molecule has 1 heterocycles. The van der Waals surface area contributed by atoms with Gasteiger partial charge in [0.1, 0.15) is 4.90 Å². The molecule has 19 heavy (non-hydrogen) atoms. The van der Waals surface area contributed by atoms with Crippen molar-refractivity contribution in [3.8, 4) is 0 Å². The lowest BCUT2D eigenvalue weighted by Gasteiger charge is -2.09. The van der Waals surface area contributed by atoms with Gasteiger partial charge in [-0.05, 0) is 40.2 Å². The topological polar surface area (TPSA) is 79.0 Å². The molecule has 1 aromatic heterocycles. The zero-order valence-corrected chi connectivity index (χ0v) is 12.5. The fourth-order valence-electron chi connectivity index (χ4n) is 1.34. The number of halogens is 2. The van der Waals surface area contributed by atoms with Crippen molar-refractivity contribution in [3.05, 3.63) is 56.4 Å². The van der Waals surface area contributed by atoms with Crippen molar-refractivity contribution in [2.75, 3.05) is 4.72 Å². The standard InChI is InChI=1S/C11H8BrClN2O3S/c12-9-5-7(13)1-3-10(9)15-19(17,18)8-2-4-11(16)14-6-8/h1-6,15H,(H,14,16). The van der Waals surface area contributed by atoms with Gasteiger partial charge >= 0.3 is 0 Å². The van der Waals surface area contributed by atoms with Crippen LogP contribution in [0, 0.1) is 0 Å². The van der Waals surface area contributed by atoms with E-state index >= 15 is 0 Å². The lowest BCUT2D eigenvalue weighted by molar-refractivity contribution is 0.600. The average Bonchev–Trinajstić information content (AvgIpc) is 2.33. The molecule has 0 aliphatic rings. The van der Waals surface area contributed by atoms with E-state index in [0.717, 1.165) is 12.3 Å². The van der Waals surface area contributed by atoms with Crippen molar-refractivity contribution in [1.82, 2.24) is 4.98 Å². The minimum atomic E-state index is -3.76. The Morgan fingerprint density at radius 1 is 1.21 bits per heavy atom. The smallest absolute Gasteiger partial charge is 0.263 e. The first kappa shape index (κ1) is 14.1. The second kappa shape index (κ2) is 5.36. The molecule has 5 nitrogen and oxygen atoms in total. The lowest BCUT2D eigenvalue weighted by Crippen LogP contribution is -2.15. The van der Waals surface area contributed by atoms with Gasteiger partial charge in [0.15, 0.2) is 0 Å². The molecule has 2 N–H and O–H groups in total. The Morgan fingerprint density at radius 2 is 1.95 bits per heavy atom. The second-order valence-electron chi connectivity index (χ2n) is 3.62. The van der Waals surface area contributed by atoms with Gasteiger partial charge in [-0.25, -0.2) is 8.42 Å². The highest BCUT2D eigenvalue weighted by Gasteiger charge is 2.15. The fraction of sp³-hybridized carbons (Fsp3) is 0. The first-order valence-electron chi connectivity index (χ1n) is 5.05. The summed E-state index contributed by atoms with van der Waals surface area (Å²) < 4.78 is 27.0. The monoisotopic (exact) mass is 362 g/mol. The van der Waals surface area contributed by atoms with Crippen LogP contribution in [0.1, 0.15) is 0 Å². The molecule has 0 amide bonds. The number of rotatable bonds is 3. The Hall–Kier alpha value is -1.31. The number of aromatic amines is 1. The van der Waals surface area contributed by atoms with Gasteiger partial charge < -0.3 is 4.98 Å². The maximum Gasteiger partial charge on any atom is 0.263 e. The van der Waals surface area contributed by atoms with Crippen LogP contribution in [0.25, 0.3) is 0 Å². The van der Waals surface area contributed by atoms with E-state index in [2.05, 4.69) is 25.6 Å². The zero-order chi connectivity index (χ0) is 14.0. The highest BCUT2D eigenvalue weighted by atomic mass is 79.9. The van der Waals surface area contributed by atoms with Crippen LogP contribution in [-0.4, -0.2) is 13.4 Å². The minimum absolute atomic E-state index is 0.0334. The van der Waals surface area contributed by atoms with Crippen LogP contribution in [0.2, 0.25) is 5.02 Å². The molecule has 8 heteroatoms. The van der Waals surface area contributed by atoms with E-state index in [9.17, 15) is 13.2 Å². The maximum absolute atomic E-state index is 12.1. The van der Waals surface area contributed by atoms with Gasteiger partial charge in [-0.15, -0.1) is 0 Å². The van der Waals surface area contributed by atoms with Crippen LogP contribution >= 0.6 is 27.5 Å². The van der Waals surface area contributed by atoms with Crippen molar-refractivity contribution in [2.45, 2.75) is 4.90 Å². The SMILES string of the molecule is O=c1ccc(S(=O)(=O)Nc2ccc(Cl)cc2Br)c[nH]1. The molecule has 2 rings (SSSR count). The van der Waals surface area contributed by atoms with E-state index in [1.54, 1.807) is 12.1 Å². The maximum atomic E-state index is 12.1. The first-order chi connectivity index (χ1) is 8.88. The van der Waals surface area contributed by atoms with Gasteiger partial charge in [0.25, 0.3) is 10.0 Å². The summed E-state index contributed by atoms with van der Waals surface area (Å²) in [6.45, 7) is 0. The third-order valence-electron chi connectivity index (χ3n) is 2.24. The van der Waals surface area contributed by atoms with Crippen LogP contribution < -0.4 is 10.3 Å². The Labute approximate surface area is 122 Å². The molecule has 0 bridgehead atoms.